The quantitative estimate of drug-likeness (QED) is 0.628. The molecular formula is C20H30N4O4S. The molecule has 2 aromatic rings. The van der Waals surface area contributed by atoms with E-state index in [2.05, 4.69) is 9.82 Å². The van der Waals surface area contributed by atoms with Crippen molar-refractivity contribution in [2.75, 3.05) is 12.8 Å². The number of aliphatic hydroxyl groups is 1. The zero-order chi connectivity index (χ0) is 21.0. The van der Waals surface area contributed by atoms with Crippen molar-refractivity contribution in [2.24, 2.45) is 0 Å². The molecule has 2 N–H and O–H groups in total. The van der Waals surface area contributed by atoms with Crippen LogP contribution in [0.5, 0.6) is 0 Å². The van der Waals surface area contributed by atoms with Crippen LogP contribution in [0.2, 0.25) is 0 Å². The zero-order valence-corrected chi connectivity index (χ0v) is 17.9. The SMILES string of the molecule is CC(C)OC(O)N1CCCC(NS(C)(=O)=O)C1Cn1ccc(-c2ccccc2)n1. The molecule has 1 aromatic carbocycles. The topological polar surface area (TPSA) is 96.7 Å². The van der Waals surface area contributed by atoms with E-state index in [0.717, 1.165) is 23.9 Å². The van der Waals surface area contributed by atoms with Gasteiger partial charge in [0.15, 0.2) is 0 Å². The van der Waals surface area contributed by atoms with Gasteiger partial charge in [0.1, 0.15) is 0 Å². The lowest BCUT2D eigenvalue weighted by Crippen LogP contribution is -2.60. The van der Waals surface area contributed by atoms with Gasteiger partial charge in [-0.3, -0.25) is 4.68 Å². The molecule has 29 heavy (non-hydrogen) atoms. The van der Waals surface area contributed by atoms with Gasteiger partial charge >= 0.3 is 0 Å². The average molecular weight is 423 g/mol. The van der Waals surface area contributed by atoms with Crippen molar-refractivity contribution in [3.05, 3.63) is 42.6 Å². The van der Waals surface area contributed by atoms with Gasteiger partial charge in [-0.1, -0.05) is 30.3 Å². The van der Waals surface area contributed by atoms with Crippen molar-refractivity contribution in [1.82, 2.24) is 19.4 Å². The first-order valence-corrected chi connectivity index (χ1v) is 11.8. The first-order chi connectivity index (χ1) is 13.7. The number of hydrogen-bond donors (Lipinski definition) is 2. The number of piperidine rings is 1. The highest BCUT2D eigenvalue weighted by Crippen LogP contribution is 2.24. The molecule has 1 aromatic heterocycles. The maximum Gasteiger partial charge on any atom is 0.216 e. The number of nitrogens with one attached hydrogen (secondary N) is 1. The summed E-state index contributed by atoms with van der Waals surface area (Å²) in [6.45, 7) is 4.76. The van der Waals surface area contributed by atoms with E-state index < -0.39 is 16.4 Å². The summed E-state index contributed by atoms with van der Waals surface area (Å²) in [5.41, 5.74) is 1.86. The molecule has 0 amide bonds. The summed E-state index contributed by atoms with van der Waals surface area (Å²) < 4.78 is 33.9. The van der Waals surface area contributed by atoms with Crippen LogP contribution >= 0.6 is 0 Å². The predicted molar refractivity (Wildman–Crippen MR) is 111 cm³/mol. The maximum atomic E-state index is 11.9. The first-order valence-electron chi connectivity index (χ1n) is 9.88. The molecule has 2 heterocycles. The number of hydrogen-bond acceptors (Lipinski definition) is 6. The Kier molecular flexibility index (Phi) is 7.07. The number of ether oxygens (including phenoxy) is 1. The van der Waals surface area contributed by atoms with Crippen LogP contribution in [0.15, 0.2) is 42.6 Å². The van der Waals surface area contributed by atoms with Gasteiger partial charge in [-0.25, -0.2) is 18.0 Å². The van der Waals surface area contributed by atoms with Crippen LogP contribution in [0.1, 0.15) is 26.7 Å². The van der Waals surface area contributed by atoms with E-state index in [1.54, 1.807) is 4.68 Å². The number of nitrogens with zero attached hydrogens (tertiary/aromatic N) is 3. The Morgan fingerprint density at radius 2 is 2.00 bits per heavy atom. The zero-order valence-electron chi connectivity index (χ0n) is 17.1. The van der Waals surface area contributed by atoms with Gasteiger partial charge in [0.05, 0.1) is 30.6 Å². The number of likely N-dealkylation sites (tertiary alicyclic amines) is 1. The van der Waals surface area contributed by atoms with Crippen LogP contribution in [0.25, 0.3) is 11.3 Å². The van der Waals surface area contributed by atoms with E-state index in [-0.39, 0.29) is 18.2 Å². The smallest absolute Gasteiger partial charge is 0.216 e. The molecule has 3 rings (SSSR count). The van der Waals surface area contributed by atoms with Gasteiger partial charge in [-0.2, -0.15) is 5.10 Å². The Morgan fingerprint density at radius 1 is 1.28 bits per heavy atom. The van der Waals surface area contributed by atoms with Crippen LogP contribution in [0.4, 0.5) is 0 Å². The summed E-state index contributed by atoms with van der Waals surface area (Å²) in [7, 11) is -3.39. The number of sulfonamides is 1. The van der Waals surface area contributed by atoms with Gasteiger partial charge in [0.2, 0.25) is 16.4 Å². The van der Waals surface area contributed by atoms with Crippen molar-refractivity contribution < 1.29 is 18.3 Å². The van der Waals surface area contributed by atoms with Crippen LogP contribution in [-0.2, 0) is 21.3 Å². The van der Waals surface area contributed by atoms with Gasteiger partial charge in [0.25, 0.3) is 0 Å². The fourth-order valence-corrected chi connectivity index (χ4v) is 4.57. The molecule has 0 bridgehead atoms. The Hall–Kier alpha value is -1.78. The van der Waals surface area contributed by atoms with Crippen LogP contribution in [0.3, 0.4) is 0 Å². The standard InChI is InChI=1S/C20H30N4O4S/c1-15(2)28-20(25)24-12-7-10-18(22-29(3,26)27)19(24)14-23-13-11-17(21-23)16-8-5-4-6-9-16/h4-6,8-9,11,13,15,18-20,22,25H,7,10,12,14H2,1-3H3. The van der Waals surface area contributed by atoms with Crippen LogP contribution in [0, 0.1) is 0 Å². The monoisotopic (exact) mass is 422 g/mol. The maximum absolute atomic E-state index is 11.9. The Morgan fingerprint density at radius 3 is 2.66 bits per heavy atom. The van der Waals surface area contributed by atoms with E-state index in [1.165, 1.54) is 0 Å². The molecule has 1 aliphatic rings. The van der Waals surface area contributed by atoms with Gasteiger partial charge in [-0.05, 0) is 32.8 Å². The Bertz CT molecular complexity index is 885. The minimum absolute atomic E-state index is 0.150. The number of aromatic nitrogens is 2. The van der Waals surface area contributed by atoms with Gasteiger partial charge < -0.3 is 9.84 Å². The fraction of sp³-hybridized carbons (Fsp3) is 0.550. The highest BCUT2D eigenvalue weighted by molar-refractivity contribution is 7.88. The van der Waals surface area contributed by atoms with Crippen molar-refractivity contribution in [3.8, 4) is 11.3 Å². The predicted octanol–water partition coefficient (Wildman–Crippen LogP) is 1.63. The van der Waals surface area contributed by atoms with Crippen LogP contribution < -0.4 is 4.72 Å². The molecule has 0 saturated carbocycles. The Labute approximate surface area is 172 Å². The number of rotatable bonds is 8. The van der Waals surface area contributed by atoms with Crippen molar-refractivity contribution in [3.63, 3.8) is 0 Å². The summed E-state index contributed by atoms with van der Waals surface area (Å²) in [4.78, 5) is 1.82. The second-order valence-electron chi connectivity index (χ2n) is 7.74. The summed E-state index contributed by atoms with van der Waals surface area (Å²) in [5.74, 6) is 0. The molecule has 160 valence electrons. The highest BCUT2D eigenvalue weighted by atomic mass is 32.2. The lowest BCUT2D eigenvalue weighted by molar-refractivity contribution is -0.230. The van der Waals surface area contributed by atoms with E-state index in [4.69, 9.17) is 4.74 Å². The van der Waals surface area contributed by atoms with Gasteiger partial charge in [0, 0.05) is 24.3 Å². The second-order valence-corrected chi connectivity index (χ2v) is 9.52. The van der Waals surface area contributed by atoms with Crippen molar-refractivity contribution >= 4 is 10.0 Å². The second kappa shape index (κ2) is 9.36. The molecule has 0 aliphatic carbocycles. The molecule has 8 nitrogen and oxygen atoms in total. The molecule has 9 heteroatoms. The minimum Gasteiger partial charge on any atom is -0.356 e. The van der Waals surface area contributed by atoms with Crippen molar-refractivity contribution in [1.29, 1.82) is 0 Å². The summed E-state index contributed by atoms with van der Waals surface area (Å²) >= 11 is 0. The molecule has 0 spiro atoms. The fourth-order valence-electron chi connectivity index (χ4n) is 3.74. The summed E-state index contributed by atoms with van der Waals surface area (Å²) in [6, 6.07) is 11.2. The average Bonchev–Trinajstić information content (AvgIpc) is 3.10. The molecule has 1 aliphatic heterocycles. The molecular weight excluding hydrogens is 392 g/mol. The largest absolute Gasteiger partial charge is 0.356 e. The van der Waals surface area contributed by atoms with E-state index in [1.807, 2.05) is 61.3 Å². The third-order valence-corrected chi connectivity index (χ3v) is 5.68. The molecule has 0 radical (unpaired) electrons. The number of aliphatic hydroxyl groups excluding tert-OH is 1. The number of benzene rings is 1. The van der Waals surface area contributed by atoms with E-state index in [0.29, 0.717) is 19.5 Å². The summed E-state index contributed by atoms with van der Waals surface area (Å²) in [6.07, 6.45) is 3.23. The van der Waals surface area contributed by atoms with Crippen molar-refractivity contribution in [2.45, 2.75) is 57.8 Å². The lowest BCUT2D eigenvalue weighted by Gasteiger charge is -2.43. The lowest BCUT2D eigenvalue weighted by atomic mass is 9.97. The highest BCUT2D eigenvalue weighted by Gasteiger charge is 2.37. The van der Waals surface area contributed by atoms with E-state index >= 15 is 0 Å². The third-order valence-electron chi connectivity index (χ3n) is 4.95. The Balaban J connectivity index is 1.83. The minimum atomic E-state index is -3.39. The normalized spacial score (nSPS) is 22.1. The molecule has 1 fully saturated rings. The molecule has 3 atom stereocenters. The first kappa shape index (κ1) is 21.9. The molecule has 3 unspecified atom stereocenters. The van der Waals surface area contributed by atoms with Crippen LogP contribution in [-0.4, -0.2) is 65.6 Å². The molecule has 1 saturated heterocycles. The summed E-state index contributed by atoms with van der Waals surface area (Å²) in [5, 5.41) is 15.2. The van der Waals surface area contributed by atoms with E-state index in [9.17, 15) is 13.5 Å². The third kappa shape index (κ3) is 6.10. The van der Waals surface area contributed by atoms with Gasteiger partial charge in [-0.15, -0.1) is 0 Å².